The molecule has 0 saturated heterocycles. The molecule has 138 valence electrons. The maximum absolute atomic E-state index is 12.9. The van der Waals surface area contributed by atoms with Crippen LogP contribution in [-0.4, -0.2) is 36.7 Å². The van der Waals surface area contributed by atoms with E-state index in [0.29, 0.717) is 19.6 Å². The average molecular weight is 356 g/mol. The number of carbonyl (C=O) groups excluding carboxylic acids is 1. The fraction of sp³-hybridized carbons (Fsp3) is 0.500. The summed E-state index contributed by atoms with van der Waals surface area (Å²) in [5.41, 5.74) is 3.11. The maximum atomic E-state index is 12.9. The Hall–Kier alpha value is -2.50. The number of hydrogen-bond acceptors (Lipinski definition) is 5. The van der Waals surface area contributed by atoms with Crippen LogP contribution in [0.25, 0.3) is 0 Å². The van der Waals surface area contributed by atoms with Gasteiger partial charge in [0.25, 0.3) is 0 Å². The number of nitrogens with zero attached hydrogens (tertiary/aromatic N) is 2. The molecule has 0 bridgehead atoms. The summed E-state index contributed by atoms with van der Waals surface area (Å²) < 4.78 is 16.6. The Labute approximate surface area is 153 Å². The van der Waals surface area contributed by atoms with Crippen LogP contribution in [0.5, 0.6) is 11.5 Å². The lowest BCUT2D eigenvalue weighted by atomic mass is 9.94. The number of fused-ring (bicyclic) bond motifs is 2. The predicted octanol–water partition coefficient (Wildman–Crippen LogP) is 2.77. The van der Waals surface area contributed by atoms with E-state index in [1.165, 1.54) is 5.56 Å². The molecule has 1 atom stereocenters. The van der Waals surface area contributed by atoms with Gasteiger partial charge in [-0.15, -0.1) is 0 Å². The molecular formula is C20H24N2O4. The van der Waals surface area contributed by atoms with Crippen LogP contribution in [0, 0.1) is 5.92 Å². The smallest absolute Gasteiger partial charge is 0.229 e. The molecular weight excluding hydrogens is 332 g/mol. The topological polar surface area (TPSA) is 64.8 Å². The van der Waals surface area contributed by atoms with Crippen molar-refractivity contribution in [1.29, 1.82) is 0 Å². The molecule has 1 aromatic carbocycles. The van der Waals surface area contributed by atoms with Crippen molar-refractivity contribution in [3.8, 4) is 11.5 Å². The number of ether oxygens (including phenoxy) is 2. The van der Waals surface area contributed by atoms with Crippen LogP contribution in [0.2, 0.25) is 0 Å². The molecule has 26 heavy (non-hydrogen) atoms. The number of rotatable bonds is 4. The van der Waals surface area contributed by atoms with E-state index in [4.69, 9.17) is 14.0 Å². The first kappa shape index (κ1) is 16.9. The number of benzene rings is 1. The minimum atomic E-state index is -0.192. The number of aromatic nitrogens is 1. The summed E-state index contributed by atoms with van der Waals surface area (Å²) in [5, 5.41) is 4.21. The van der Waals surface area contributed by atoms with Crippen LogP contribution in [0.1, 0.15) is 35.4 Å². The molecule has 6 nitrogen and oxygen atoms in total. The van der Waals surface area contributed by atoms with Gasteiger partial charge in [0.15, 0.2) is 11.5 Å². The highest BCUT2D eigenvalue weighted by molar-refractivity contribution is 5.79. The van der Waals surface area contributed by atoms with Gasteiger partial charge in [0.05, 0.1) is 19.6 Å². The van der Waals surface area contributed by atoms with Crippen molar-refractivity contribution < 1.29 is 18.8 Å². The van der Waals surface area contributed by atoms with Gasteiger partial charge in [0, 0.05) is 19.0 Å². The van der Waals surface area contributed by atoms with E-state index in [9.17, 15) is 4.79 Å². The summed E-state index contributed by atoms with van der Waals surface area (Å²) in [6, 6.07) is 5.80. The summed E-state index contributed by atoms with van der Waals surface area (Å²) in [6.45, 7) is 0.854. The van der Waals surface area contributed by atoms with Gasteiger partial charge in [0.2, 0.25) is 5.91 Å². The number of amides is 1. The van der Waals surface area contributed by atoms with Crippen molar-refractivity contribution in [3.05, 3.63) is 40.8 Å². The Morgan fingerprint density at radius 1 is 1.35 bits per heavy atom. The summed E-state index contributed by atoms with van der Waals surface area (Å²) >= 11 is 0. The molecule has 0 unspecified atom stereocenters. The molecule has 1 amide bonds. The molecule has 2 aromatic rings. The van der Waals surface area contributed by atoms with Gasteiger partial charge in [-0.3, -0.25) is 4.79 Å². The van der Waals surface area contributed by atoms with Crippen molar-refractivity contribution >= 4 is 5.91 Å². The van der Waals surface area contributed by atoms with E-state index in [1.807, 2.05) is 25.2 Å². The van der Waals surface area contributed by atoms with Gasteiger partial charge < -0.3 is 18.9 Å². The van der Waals surface area contributed by atoms with Gasteiger partial charge in [0.1, 0.15) is 18.1 Å². The van der Waals surface area contributed by atoms with Gasteiger partial charge in [-0.1, -0.05) is 17.3 Å². The van der Waals surface area contributed by atoms with Crippen molar-refractivity contribution in [2.75, 3.05) is 20.8 Å². The van der Waals surface area contributed by atoms with Crippen LogP contribution < -0.4 is 9.47 Å². The lowest BCUT2D eigenvalue weighted by molar-refractivity contribution is -0.136. The number of hydrogen-bond donors (Lipinski definition) is 0. The quantitative estimate of drug-likeness (QED) is 0.843. The van der Waals surface area contributed by atoms with Crippen molar-refractivity contribution in [2.45, 2.75) is 38.6 Å². The second-order valence-corrected chi connectivity index (χ2v) is 7.09. The standard InChI is InChI=1S/C20H24N2O4/c1-22(11-16-15-7-3-4-8-17(15)26-21-16)20(23)14-10-13-6-5-9-18(24-2)19(13)25-12-14/h5-6,9,14H,3-4,7-8,10-12H2,1-2H3/t14-/m0/s1. The number of para-hydroxylation sites is 1. The Morgan fingerprint density at radius 3 is 3.04 bits per heavy atom. The Bertz CT molecular complexity index is 814. The molecule has 0 spiro atoms. The van der Waals surface area contributed by atoms with E-state index in [-0.39, 0.29) is 11.8 Å². The van der Waals surface area contributed by atoms with Crippen molar-refractivity contribution in [1.82, 2.24) is 10.1 Å². The zero-order valence-electron chi connectivity index (χ0n) is 15.3. The minimum absolute atomic E-state index is 0.0750. The SMILES string of the molecule is COc1cccc2c1OC[C@@H](C(=O)N(C)Cc1noc3c1CCCC3)C2. The van der Waals surface area contributed by atoms with Crippen molar-refractivity contribution in [2.24, 2.45) is 5.92 Å². The fourth-order valence-electron chi connectivity index (χ4n) is 3.90. The first-order chi connectivity index (χ1) is 12.7. The highest BCUT2D eigenvalue weighted by atomic mass is 16.5. The van der Waals surface area contributed by atoms with Crippen molar-refractivity contribution in [3.63, 3.8) is 0 Å². The zero-order chi connectivity index (χ0) is 18.1. The lowest BCUT2D eigenvalue weighted by Crippen LogP contribution is -2.38. The molecule has 1 aromatic heterocycles. The number of methoxy groups -OCH3 is 1. The average Bonchev–Trinajstić information content (AvgIpc) is 3.09. The van der Waals surface area contributed by atoms with E-state index in [1.54, 1.807) is 12.0 Å². The van der Waals surface area contributed by atoms with Gasteiger partial charge in [-0.05, 0) is 37.3 Å². The minimum Gasteiger partial charge on any atom is -0.493 e. The highest BCUT2D eigenvalue weighted by Gasteiger charge is 2.31. The second kappa shape index (κ2) is 7.02. The molecule has 0 fully saturated rings. The predicted molar refractivity (Wildman–Crippen MR) is 95.3 cm³/mol. The third-order valence-electron chi connectivity index (χ3n) is 5.32. The normalized spacial score (nSPS) is 18.5. The van der Waals surface area contributed by atoms with Crippen LogP contribution in [0.15, 0.2) is 22.7 Å². The molecule has 0 radical (unpaired) electrons. The van der Waals surface area contributed by atoms with Crippen LogP contribution in [0.3, 0.4) is 0 Å². The Morgan fingerprint density at radius 2 is 2.19 bits per heavy atom. The fourth-order valence-corrected chi connectivity index (χ4v) is 3.90. The highest BCUT2D eigenvalue weighted by Crippen LogP contribution is 2.36. The van der Waals surface area contributed by atoms with Crippen LogP contribution >= 0.6 is 0 Å². The molecule has 6 heteroatoms. The Balaban J connectivity index is 1.45. The van der Waals surface area contributed by atoms with Crippen LogP contribution in [0.4, 0.5) is 0 Å². The number of carbonyl (C=O) groups is 1. The summed E-state index contributed by atoms with van der Waals surface area (Å²) in [6.07, 6.45) is 4.92. The monoisotopic (exact) mass is 356 g/mol. The molecule has 0 saturated carbocycles. The zero-order valence-corrected chi connectivity index (χ0v) is 15.3. The van der Waals surface area contributed by atoms with E-state index < -0.39 is 0 Å². The second-order valence-electron chi connectivity index (χ2n) is 7.09. The summed E-state index contributed by atoms with van der Waals surface area (Å²) in [5.74, 6) is 2.35. The van der Waals surface area contributed by atoms with Gasteiger partial charge in [-0.2, -0.15) is 0 Å². The van der Waals surface area contributed by atoms with Crippen LogP contribution in [-0.2, 0) is 30.6 Å². The molecule has 2 aliphatic rings. The van der Waals surface area contributed by atoms with Gasteiger partial charge >= 0.3 is 0 Å². The lowest BCUT2D eigenvalue weighted by Gasteiger charge is -2.28. The first-order valence-electron chi connectivity index (χ1n) is 9.17. The largest absolute Gasteiger partial charge is 0.493 e. The Kier molecular flexibility index (Phi) is 4.57. The molecule has 4 rings (SSSR count). The summed E-state index contributed by atoms with van der Waals surface area (Å²) in [4.78, 5) is 14.7. The maximum Gasteiger partial charge on any atom is 0.229 e. The van der Waals surface area contributed by atoms with E-state index >= 15 is 0 Å². The number of aryl methyl sites for hydroxylation is 1. The summed E-state index contributed by atoms with van der Waals surface area (Å²) in [7, 11) is 3.45. The first-order valence-corrected chi connectivity index (χ1v) is 9.17. The third-order valence-corrected chi connectivity index (χ3v) is 5.32. The third kappa shape index (κ3) is 3.04. The molecule has 1 aliphatic carbocycles. The molecule has 1 aliphatic heterocycles. The van der Waals surface area contributed by atoms with E-state index in [2.05, 4.69) is 5.16 Å². The van der Waals surface area contributed by atoms with Gasteiger partial charge in [-0.25, -0.2) is 0 Å². The van der Waals surface area contributed by atoms with E-state index in [0.717, 1.165) is 54.2 Å². The molecule has 0 N–H and O–H groups in total. The molecule has 2 heterocycles.